The van der Waals surface area contributed by atoms with E-state index < -0.39 is 0 Å². The van der Waals surface area contributed by atoms with Crippen molar-refractivity contribution in [2.75, 3.05) is 25.0 Å². The van der Waals surface area contributed by atoms with Crippen LogP contribution >= 0.6 is 12.4 Å². The topological polar surface area (TPSA) is 84.7 Å². The van der Waals surface area contributed by atoms with Crippen LogP contribution < -0.4 is 15.8 Å². The molecule has 2 aliphatic rings. The molecule has 0 spiro atoms. The van der Waals surface area contributed by atoms with Crippen LogP contribution in [0.5, 0.6) is 5.75 Å². The first-order valence-electron chi connectivity index (χ1n) is 9.62. The molecule has 3 N–H and O–H groups in total. The number of carbonyl (C=O) groups is 2. The van der Waals surface area contributed by atoms with E-state index in [2.05, 4.69) is 5.32 Å². The number of nitrogens with two attached hydrogens (primary N) is 1. The van der Waals surface area contributed by atoms with E-state index in [1.165, 1.54) is 0 Å². The van der Waals surface area contributed by atoms with Crippen LogP contribution in [0.4, 0.5) is 5.69 Å². The zero-order chi connectivity index (χ0) is 18.5. The van der Waals surface area contributed by atoms with E-state index in [0.29, 0.717) is 31.8 Å². The van der Waals surface area contributed by atoms with Crippen LogP contribution in [0.2, 0.25) is 0 Å². The number of amides is 2. The van der Waals surface area contributed by atoms with Gasteiger partial charge in [-0.05, 0) is 62.3 Å². The Morgan fingerprint density at radius 1 is 1.41 bits per heavy atom. The molecule has 0 aromatic heterocycles. The molecule has 150 valence electrons. The van der Waals surface area contributed by atoms with Crippen molar-refractivity contribution in [1.82, 2.24) is 4.90 Å². The van der Waals surface area contributed by atoms with Gasteiger partial charge in [0.2, 0.25) is 11.8 Å². The Morgan fingerprint density at radius 3 is 3.00 bits per heavy atom. The van der Waals surface area contributed by atoms with Gasteiger partial charge in [0.25, 0.3) is 0 Å². The molecule has 2 heterocycles. The van der Waals surface area contributed by atoms with Crippen molar-refractivity contribution in [3.8, 4) is 5.75 Å². The van der Waals surface area contributed by atoms with Gasteiger partial charge in [-0.1, -0.05) is 0 Å². The van der Waals surface area contributed by atoms with Crippen molar-refractivity contribution in [3.05, 3.63) is 23.8 Å². The maximum absolute atomic E-state index is 12.4. The Morgan fingerprint density at radius 2 is 2.22 bits per heavy atom. The summed E-state index contributed by atoms with van der Waals surface area (Å²) in [5.74, 6) is 1.48. The third kappa shape index (κ3) is 5.84. The number of ether oxygens (including phenoxy) is 1. The number of benzene rings is 1. The first kappa shape index (κ1) is 21.5. The molecule has 2 unspecified atom stereocenters. The van der Waals surface area contributed by atoms with E-state index in [1.54, 1.807) is 0 Å². The molecule has 1 aromatic rings. The molecule has 7 heteroatoms. The van der Waals surface area contributed by atoms with Crippen molar-refractivity contribution in [3.63, 3.8) is 0 Å². The third-order valence-corrected chi connectivity index (χ3v) is 5.33. The summed E-state index contributed by atoms with van der Waals surface area (Å²) >= 11 is 0. The zero-order valence-corrected chi connectivity index (χ0v) is 16.7. The van der Waals surface area contributed by atoms with Gasteiger partial charge in [-0.2, -0.15) is 0 Å². The second-order valence-corrected chi connectivity index (χ2v) is 7.42. The monoisotopic (exact) mass is 395 g/mol. The highest BCUT2D eigenvalue weighted by atomic mass is 35.5. The lowest BCUT2D eigenvalue weighted by Gasteiger charge is -2.34. The van der Waals surface area contributed by atoms with Crippen LogP contribution in [-0.2, 0) is 16.0 Å². The van der Waals surface area contributed by atoms with E-state index in [9.17, 15) is 9.59 Å². The first-order valence-corrected chi connectivity index (χ1v) is 9.62. The van der Waals surface area contributed by atoms with E-state index in [-0.39, 0.29) is 30.3 Å². The molecule has 2 atom stereocenters. The SMILES string of the molecule is CC(N)C1CCCN(C(=O)CCCOc2ccc3c(c2)CCC(=O)N3)C1.Cl. The Balaban J connectivity index is 0.00000261. The number of fused-ring (bicyclic) bond motifs is 1. The molecule has 2 aliphatic heterocycles. The van der Waals surface area contributed by atoms with Gasteiger partial charge in [0.1, 0.15) is 5.75 Å². The second kappa shape index (κ2) is 9.95. The third-order valence-electron chi connectivity index (χ3n) is 5.33. The number of aryl methyl sites for hydroxylation is 1. The largest absolute Gasteiger partial charge is 0.494 e. The minimum absolute atomic E-state index is 0. The van der Waals surface area contributed by atoms with Crippen molar-refractivity contribution in [1.29, 1.82) is 0 Å². The molecule has 1 saturated heterocycles. The number of piperidine rings is 1. The number of nitrogens with one attached hydrogen (secondary N) is 1. The average Bonchev–Trinajstić information content (AvgIpc) is 2.65. The standard InChI is InChI=1S/C20H29N3O3.ClH/c1-14(21)16-4-2-10-23(13-16)20(25)5-3-11-26-17-7-8-18-15(12-17)6-9-19(24)22-18;/h7-8,12,14,16H,2-6,9-11,13,21H2,1H3,(H,22,24);1H. The smallest absolute Gasteiger partial charge is 0.224 e. The fourth-order valence-electron chi connectivity index (χ4n) is 3.69. The van der Waals surface area contributed by atoms with Gasteiger partial charge < -0.3 is 20.7 Å². The number of nitrogens with zero attached hydrogens (tertiary/aromatic N) is 1. The van der Waals surface area contributed by atoms with Gasteiger partial charge in [-0.3, -0.25) is 9.59 Å². The van der Waals surface area contributed by atoms with E-state index in [4.69, 9.17) is 10.5 Å². The van der Waals surface area contributed by atoms with Gasteiger partial charge in [0, 0.05) is 37.7 Å². The number of likely N-dealkylation sites (tertiary alicyclic amines) is 1. The van der Waals surface area contributed by atoms with Crippen LogP contribution in [0.1, 0.15) is 44.6 Å². The summed E-state index contributed by atoms with van der Waals surface area (Å²) in [6, 6.07) is 5.87. The zero-order valence-electron chi connectivity index (χ0n) is 15.9. The van der Waals surface area contributed by atoms with Crippen molar-refractivity contribution in [2.45, 2.75) is 51.5 Å². The lowest BCUT2D eigenvalue weighted by molar-refractivity contribution is -0.133. The fourth-order valence-corrected chi connectivity index (χ4v) is 3.69. The quantitative estimate of drug-likeness (QED) is 0.725. The predicted octanol–water partition coefficient (Wildman–Crippen LogP) is 2.74. The summed E-state index contributed by atoms with van der Waals surface area (Å²) in [6.45, 7) is 4.17. The van der Waals surface area contributed by atoms with Crippen molar-refractivity contribution >= 4 is 29.9 Å². The molecule has 0 bridgehead atoms. The summed E-state index contributed by atoms with van der Waals surface area (Å²) < 4.78 is 5.79. The Bertz CT molecular complexity index is 666. The summed E-state index contributed by atoms with van der Waals surface area (Å²) in [7, 11) is 0. The molecule has 1 aromatic carbocycles. The van der Waals surface area contributed by atoms with E-state index in [1.807, 2.05) is 30.0 Å². The molecule has 27 heavy (non-hydrogen) atoms. The molecular formula is C20H30ClN3O3. The highest BCUT2D eigenvalue weighted by Crippen LogP contribution is 2.27. The molecule has 6 nitrogen and oxygen atoms in total. The maximum Gasteiger partial charge on any atom is 0.224 e. The molecule has 2 amide bonds. The molecule has 3 rings (SSSR count). The normalized spacial score (nSPS) is 20.1. The number of carbonyl (C=O) groups excluding carboxylic acids is 2. The van der Waals surface area contributed by atoms with Crippen LogP contribution in [0.3, 0.4) is 0 Å². The lowest BCUT2D eigenvalue weighted by atomic mass is 9.92. The van der Waals surface area contributed by atoms with Crippen LogP contribution in [0, 0.1) is 5.92 Å². The number of hydrogen-bond acceptors (Lipinski definition) is 4. The Kier molecular flexibility index (Phi) is 7.92. The van der Waals surface area contributed by atoms with Gasteiger partial charge in [0.15, 0.2) is 0 Å². The Hall–Kier alpha value is -1.79. The number of hydrogen-bond donors (Lipinski definition) is 2. The number of anilines is 1. The average molecular weight is 396 g/mol. The Labute approximate surface area is 167 Å². The highest BCUT2D eigenvalue weighted by molar-refractivity contribution is 5.94. The lowest BCUT2D eigenvalue weighted by Crippen LogP contribution is -2.45. The number of rotatable bonds is 6. The molecular weight excluding hydrogens is 366 g/mol. The van der Waals surface area contributed by atoms with Gasteiger partial charge >= 0.3 is 0 Å². The van der Waals surface area contributed by atoms with Crippen LogP contribution in [-0.4, -0.2) is 42.5 Å². The van der Waals surface area contributed by atoms with E-state index >= 15 is 0 Å². The van der Waals surface area contributed by atoms with Crippen molar-refractivity contribution < 1.29 is 14.3 Å². The summed E-state index contributed by atoms with van der Waals surface area (Å²) in [4.78, 5) is 25.7. The van der Waals surface area contributed by atoms with Gasteiger partial charge in [-0.15, -0.1) is 12.4 Å². The summed E-state index contributed by atoms with van der Waals surface area (Å²) in [6.07, 6.45) is 4.62. The van der Waals surface area contributed by atoms with Crippen LogP contribution in [0.15, 0.2) is 18.2 Å². The molecule has 0 saturated carbocycles. The summed E-state index contributed by atoms with van der Waals surface area (Å²) in [5.41, 5.74) is 7.97. The second-order valence-electron chi connectivity index (χ2n) is 7.42. The molecule has 1 fully saturated rings. The maximum atomic E-state index is 12.4. The van der Waals surface area contributed by atoms with Gasteiger partial charge in [0.05, 0.1) is 6.61 Å². The minimum Gasteiger partial charge on any atom is -0.494 e. The predicted molar refractivity (Wildman–Crippen MR) is 108 cm³/mol. The highest BCUT2D eigenvalue weighted by Gasteiger charge is 2.25. The van der Waals surface area contributed by atoms with E-state index in [0.717, 1.165) is 49.4 Å². The minimum atomic E-state index is 0. The fraction of sp³-hybridized carbons (Fsp3) is 0.600. The molecule has 0 radical (unpaired) electrons. The molecule has 0 aliphatic carbocycles. The number of halogens is 1. The van der Waals surface area contributed by atoms with Crippen molar-refractivity contribution in [2.24, 2.45) is 11.7 Å². The van der Waals surface area contributed by atoms with Crippen LogP contribution in [0.25, 0.3) is 0 Å². The summed E-state index contributed by atoms with van der Waals surface area (Å²) in [5, 5.41) is 2.86. The van der Waals surface area contributed by atoms with Gasteiger partial charge in [-0.25, -0.2) is 0 Å². The first-order chi connectivity index (χ1) is 12.5.